The number of aliphatic hydroxyl groups is 6. The van der Waals surface area contributed by atoms with Crippen molar-refractivity contribution in [2.24, 2.45) is 0 Å². The number of hydrogen-bond acceptors (Lipinski definition) is 14. The van der Waals surface area contributed by atoms with Gasteiger partial charge < -0.3 is 68.5 Å². The van der Waals surface area contributed by atoms with Crippen molar-refractivity contribution in [3.05, 3.63) is 200 Å². The molecule has 4 aliphatic rings. The van der Waals surface area contributed by atoms with E-state index in [0.717, 1.165) is 44.9 Å². The van der Waals surface area contributed by atoms with E-state index >= 15 is 0 Å². The van der Waals surface area contributed by atoms with E-state index in [0.29, 0.717) is 47.2 Å². The Labute approximate surface area is 453 Å². The van der Waals surface area contributed by atoms with Crippen LogP contribution in [0, 0.1) is 0 Å². The Morgan fingerprint density at radius 1 is 0.526 bits per heavy atom. The smallest absolute Gasteiger partial charge is 0.225 e. The molecule has 0 radical (unpaired) electrons. The van der Waals surface area contributed by atoms with Crippen LogP contribution in [0.3, 0.4) is 0 Å². The molecule has 10 rings (SSSR count). The molecular formula is C60H66Cl2O14. The van der Waals surface area contributed by atoms with E-state index < -0.39 is 71.6 Å². The first-order valence-electron chi connectivity index (χ1n) is 25.7. The van der Waals surface area contributed by atoms with Gasteiger partial charge in [-0.2, -0.15) is 0 Å². The molecule has 0 aliphatic carbocycles. The van der Waals surface area contributed by atoms with Crippen LogP contribution < -0.4 is 9.47 Å². The highest BCUT2D eigenvalue weighted by Gasteiger charge is 2.71. The second-order valence-electron chi connectivity index (χ2n) is 19.8. The van der Waals surface area contributed by atoms with Crippen LogP contribution in [-0.2, 0) is 66.1 Å². The summed E-state index contributed by atoms with van der Waals surface area (Å²) in [6.07, 6.45) is -8.80. The van der Waals surface area contributed by atoms with Crippen LogP contribution in [0.15, 0.2) is 146 Å². The lowest BCUT2D eigenvalue weighted by atomic mass is 9.80. The average molecular weight is 1080 g/mol. The minimum absolute atomic E-state index is 0.0565. The van der Waals surface area contributed by atoms with Crippen molar-refractivity contribution >= 4 is 23.2 Å². The van der Waals surface area contributed by atoms with E-state index in [-0.39, 0.29) is 26.4 Å². The summed E-state index contributed by atoms with van der Waals surface area (Å²) >= 11 is 13.2. The number of ether oxygens (including phenoxy) is 8. The second-order valence-corrected chi connectivity index (χ2v) is 20.6. The third kappa shape index (κ3) is 10.9. The van der Waals surface area contributed by atoms with Crippen molar-refractivity contribution in [3.63, 3.8) is 0 Å². The second kappa shape index (κ2) is 23.5. The fraction of sp³-hybridized carbons (Fsp3) is 0.400. The first-order valence-corrected chi connectivity index (χ1v) is 26.4. The van der Waals surface area contributed by atoms with Crippen LogP contribution in [0.25, 0.3) is 0 Å². The van der Waals surface area contributed by atoms with Gasteiger partial charge in [-0.05, 0) is 122 Å². The number of rotatable bonds is 18. The highest BCUT2D eigenvalue weighted by atomic mass is 35.5. The molecule has 2 unspecified atom stereocenters. The lowest BCUT2D eigenvalue weighted by Gasteiger charge is -2.50. The molecule has 6 N–H and O–H groups in total. The van der Waals surface area contributed by atoms with Crippen molar-refractivity contribution in [2.75, 3.05) is 26.4 Å². The van der Waals surface area contributed by atoms with Crippen molar-refractivity contribution in [3.8, 4) is 11.5 Å². The molecule has 14 nitrogen and oxygen atoms in total. The fourth-order valence-corrected chi connectivity index (χ4v) is 10.9. The minimum atomic E-state index is -1.73. The van der Waals surface area contributed by atoms with Crippen molar-refractivity contribution < 1.29 is 68.5 Å². The summed E-state index contributed by atoms with van der Waals surface area (Å²) in [6.45, 7) is 8.33. The Morgan fingerprint density at radius 2 is 0.961 bits per heavy atom. The number of aliphatic hydroxyl groups excluding tert-OH is 6. The van der Waals surface area contributed by atoms with E-state index in [9.17, 15) is 30.6 Å². The van der Waals surface area contributed by atoms with Gasteiger partial charge in [-0.1, -0.05) is 120 Å². The van der Waals surface area contributed by atoms with E-state index in [1.165, 1.54) is 6.92 Å². The van der Waals surface area contributed by atoms with Gasteiger partial charge in [-0.3, -0.25) is 0 Å². The highest BCUT2D eigenvalue weighted by Crippen LogP contribution is 2.54. The van der Waals surface area contributed by atoms with Crippen LogP contribution >= 0.6 is 23.2 Å². The molecule has 76 heavy (non-hydrogen) atoms. The lowest BCUT2D eigenvalue weighted by molar-refractivity contribution is -0.353. The molecule has 4 aliphatic heterocycles. The Kier molecular flexibility index (Phi) is 17.3. The zero-order valence-corrected chi connectivity index (χ0v) is 44.3. The SMILES string of the molecule is CCOc1ccc(Cc2cc([C@]34OC[C@](C(C)O)(O3)[C@H](O)[C@H](O)[C@H]4O)ccc2Cl)cc1.CCOc1ccc(Cc2cc([C@]34OC[C@](C(C)O)(O3)[C@H](O)[C@H](OCc3ccccc3)[C@H]4OCc3ccccc3)ccc2Cl)cc1. The van der Waals surface area contributed by atoms with Gasteiger partial charge in [-0.15, -0.1) is 0 Å². The predicted molar refractivity (Wildman–Crippen MR) is 284 cm³/mol. The summed E-state index contributed by atoms with van der Waals surface area (Å²) in [6, 6.07) is 45.8. The Morgan fingerprint density at radius 3 is 1.43 bits per heavy atom. The third-order valence-electron chi connectivity index (χ3n) is 14.9. The molecule has 6 aromatic rings. The Hall–Kier alpha value is -4.98. The molecule has 0 amide bonds. The maximum absolute atomic E-state index is 11.8. The van der Waals surface area contributed by atoms with E-state index in [1.807, 2.05) is 141 Å². The first kappa shape index (κ1) is 55.8. The van der Waals surface area contributed by atoms with Crippen molar-refractivity contribution in [2.45, 2.75) is 125 Å². The molecule has 16 heteroatoms. The van der Waals surface area contributed by atoms with Crippen LogP contribution in [0.2, 0.25) is 10.0 Å². The minimum Gasteiger partial charge on any atom is -0.494 e. The van der Waals surface area contributed by atoms with E-state index in [4.69, 9.17) is 61.1 Å². The molecule has 12 atom stereocenters. The van der Waals surface area contributed by atoms with Crippen molar-refractivity contribution in [1.29, 1.82) is 0 Å². The van der Waals surface area contributed by atoms with Crippen LogP contribution in [0.5, 0.6) is 11.5 Å². The fourth-order valence-electron chi connectivity index (χ4n) is 10.5. The summed E-state index contributed by atoms with van der Waals surface area (Å²) in [5, 5.41) is 66.0. The molecule has 4 saturated heterocycles. The Balaban J connectivity index is 0.000000199. The van der Waals surface area contributed by atoms with Gasteiger partial charge in [0, 0.05) is 21.2 Å². The quantitative estimate of drug-likeness (QED) is 0.0486. The normalized spacial score (nSPS) is 29.3. The molecule has 4 heterocycles. The van der Waals surface area contributed by atoms with Gasteiger partial charge in [0.2, 0.25) is 11.6 Å². The summed E-state index contributed by atoms with van der Waals surface area (Å²) in [4.78, 5) is 0. The maximum atomic E-state index is 11.8. The summed E-state index contributed by atoms with van der Waals surface area (Å²) < 4.78 is 49.3. The Bertz CT molecular complexity index is 2860. The zero-order valence-electron chi connectivity index (χ0n) is 42.8. The number of benzene rings is 6. The summed E-state index contributed by atoms with van der Waals surface area (Å²) in [7, 11) is 0. The van der Waals surface area contributed by atoms with Gasteiger partial charge in [-0.25, -0.2) is 0 Å². The van der Waals surface area contributed by atoms with Crippen LogP contribution in [0.4, 0.5) is 0 Å². The van der Waals surface area contributed by atoms with Gasteiger partial charge in [0.1, 0.15) is 59.3 Å². The van der Waals surface area contributed by atoms with Gasteiger partial charge in [0.25, 0.3) is 0 Å². The molecule has 0 spiro atoms. The van der Waals surface area contributed by atoms with E-state index in [2.05, 4.69) is 0 Å². The van der Waals surface area contributed by atoms with Gasteiger partial charge >= 0.3 is 0 Å². The molecule has 0 saturated carbocycles. The molecule has 4 fully saturated rings. The van der Waals surface area contributed by atoms with Crippen LogP contribution in [-0.4, -0.2) is 117 Å². The predicted octanol–water partition coefficient (Wildman–Crippen LogP) is 7.94. The summed E-state index contributed by atoms with van der Waals surface area (Å²) in [5.41, 5.74) is 3.70. The topological polar surface area (TPSA) is 195 Å². The first-order chi connectivity index (χ1) is 36.6. The lowest BCUT2D eigenvalue weighted by Crippen LogP contribution is -2.68. The van der Waals surface area contributed by atoms with Gasteiger partial charge in [0.15, 0.2) is 0 Å². The number of halogens is 2. The van der Waals surface area contributed by atoms with Gasteiger partial charge in [0.05, 0.1) is 51.8 Å². The average Bonchev–Trinajstić information content (AvgIpc) is 4.06. The number of hydrogen-bond donors (Lipinski definition) is 6. The van der Waals surface area contributed by atoms with E-state index in [1.54, 1.807) is 25.1 Å². The number of fused-ring (bicyclic) bond motifs is 4. The molecule has 404 valence electrons. The molecule has 0 aromatic heterocycles. The third-order valence-corrected chi connectivity index (χ3v) is 15.6. The monoisotopic (exact) mass is 1080 g/mol. The standard InChI is InChI=1S/C37H39ClO7.C23H27ClO7/c1-3-41-31-17-14-26(15-18-31)20-29-21-30(16-19-32(29)38)37-35(43-23-28-12-8-5-9-13-28)33(42-22-27-10-6-4-7-11-27)34(40)36(45-37,24-44-37)25(2)39;1-3-29-17-7-4-14(5-8-17)10-15-11-16(6-9-18(15)24)23-21(28)19(26)20(27)22(31-23,12-30-23)13(2)25/h4-19,21,25,33-35,39-40H,3,20,22-24H2,1-2H3;4-9,11,13,19-21,25-28H,3,10,12H2,1-2H3/t25?,33-,34+,35+,36+,37-;13?,19-,20+,21+,22+,23-/m00/s1. The zero-order chi connectivity index (χ0) is 53.8. The highest BCUT2D eigenvalue weighted by molar-refractivity contribution is 6.31. The van der Waals surface area contributed by atoms with Crippen molar-refractivity contribution in [1.82, 2.24) is 0 Å². The molecule has 6 aromatic carbocycles. The largest absolute Gasteiger partial charge is 0.494 e. The maximum Gasteiger partial charge on any atom is 0.225 e. The van der Waals surface area contributed by atoms with Crippen LogP contribution in [0.1, 0.15) is 72.2 Å². The summed E-state index contributed by atoms with van der Waals surface area (Å²) in [5.74, 6) is -1.63. The molecule has 4 bridgehead atoms. The molecular weight excluding hydrogens is 1020 g/mol.